The fourth-order valence-electron chi connectivity index (χ4n) is 3.81. The Bertz CT molecular complexity index is 662. The van der Waals surface area contributed by atoms with Gasteiger partial charge in [0.25, 0.3) is 5.91 Å². The third kappa shape index (κ3) is 2.97. The summed E-state index contributed by atoms with van der Waals surface area (Å²) in [7, 11) is 0. The highest BCUT2D eigenvalue weighted by Crippen LogP contribution is 2.32. The van der Waals surface area contributed by atoms with E-state index in [0.29, 0.717) is 11.8 Å². The van der Waals surface area contributed by atoms with E-state index in [-0.39, 0.29) is 5.91 Å². The molecule has 0 bridgehead atoms. The van der Waals surface area contributed by atoms with E-state index >= 15 is 0 Å². The van der Waals surface area contributed by atoms with Crippen molar-refractivity contribution in [2.45, 2.75) is 6.54 Å². The zero-order chi connectivity index (χ0) is 15.6. The molecule has 5 heteroatoms. The fourth-order valence-corrected chi connectivity index (χ4v) is 3.81. The smallest absolute Gasteiger partial charge is 0.253 e. The van der Waals surface area contributed by atoms with Crippen LogP contribution in [0.15, 0.2) is 49.1 Å². The Kier molecular flexibility index (Phi) is 3.79. The van der Waals surface area contributed by atoms with E-state index in [4.69, 9.17) is 0 Å². The first-order valence-electron chi connectivity index (χ1n) is 8.10. The molecule has 2 aromatic heterocycles. The van der Waals surface area contributed by atoms with Gasteiger partial charge in [0.05, 0.1) is 0 Å². The average Bonchev–Trinajstić information content (AvgIpc) is 3.14. The fraction of sp³-hybridized carbons (Fsp3) is 0.389. The number of pyridine rings is 2. The molecule has 2 fully saturated rings. The van der Waals surface area contributed by atoms with Crippen LogP contribution in [0.1, 0.15) is 15.9 Å². The van der Waals surface area contributed by atoms with Crippen LogP contribution in [0, 0.1) is 11.8 Å². The minimum atomic E-state index is 0.139. The van der Waals surface area contributed by atoms with Gasteiger partial charge in [-0.05, 0) is 35.6 Å². The van der Waals surface area contributed by atoms with Gasteiger partial charge in [-0.15, -0.1) is 0 Å². The number of aromatic nitrogens is 2. The summed E-state index contributed by atoms with van der Waals surface area (Å²) >= 11 is 0. The Balaban J connectivity index is 1.36. The van der Waals surface area contributed by atoms with Crippen molar-refractivity contribution in [1.29, 1.82) is 0 Å². The van der Waals surface area contributed by atoms with Gasteiger partial charge >= 0.3 is 0 Å². The highest BCUT2D eigenvalue weighted by Gasteiger charge is 2.41. The lowest BCUT2D eigenvalue weighted by atomic mass is 10.0. The molecule has 0 aromatic carbocycles. The highest BCUT2D eigenvalue weighted by molar-refractivity contribution is 5.94. The summed E-state index contributed by atoms with van der Waals surface area (Å²) in [4.78, 5) is 25.2. The van der Waals surface area contributed by atoms with E-state index in [2.05, 4.69) is 20.9 Å². The molecule has 118 valence electrons. The van der Waals surface area contributed by atoms with E-state index in [1.165, 1.54) is 5.56 Å². The van der Waals surface area contributed by atoms with Crippen molar-refractivity contribution < 1.29 is 4.79 Å². The van der Waals surface area contributed by atoms with Gasteiger partial charge in [-0.2, -0.15) is 0 Å². The summed E-state index contributed by atoms with van der Waals surface area (Å²) in [5.74, 6) is 1.33. The molecule has 2 aromatic rings. The SMILES string of the molecule is O=C(c1ccncc1)N1C[C@@H]2CN(Cc3cccnc3)C[C@H]2C1. The summed E-state index contributed by atoms with van der Waals surface area (Å²) in [6.45, 7) is 4.84. The van der Waals surface area contributed by atoms with Crippen molar-refractivity contribution in [1.82, 2.24) is 19.8 Å². The van der Waals surface area contributed by atoms with Gasteiger partial charge in [0.2, 0.25) is 0 Å². The second-order valence-electron chi connectivity index (χ2n) is 6.52. The molecule has 0 aliphatic carbocycles. The van der Waals surface area contributed by atoms with Crippen molar-refractivity contribution in [2.24, 2.45) is 11.8 Å². The Labute approximate surface area is 136 Å². The van der Waals surface area contributed by atoms with Crippen molar-refractivity contribution in [3.05, 3.63) is 60.2 Å². The van der Waals surface area contributed by atoms with Gasteiger partial charge in [-0.3, -0.25) is 19.7 Å². The van der Waals surface area contributed by atoms with Crippen LogP contribution in [-0.2, 0) is 6.54 Å². The Hall–Kier alpha value is -2.27. The summed E-state index contributed by atoms with van der Waals surface area (Å²) in [6.07, 6.45) is 7.11. The molecule has 2 aliphatic heterocycles. The lowest BCUT2D eigenvalue weighted by molar-refractivity contribution is 0.0773. The molecule has 4 rings (SSSR count). The van der Waals surface area contributed by atoms with Crippen LogP contribution in [0.5, 0.6) is 0 Å². The topological polar surface area (TPSA) is 49.3 Å². The molecule has 2 aliphatic rings. The van der Waals surface area contributed by atoms with Crippen LogP contribution >= 0.6 is 0 Å². The lowest BCUT2D eigenvalue weighted by Gasteiger charge is -2.21. The summed E-state index contributed by atoms with van der Waals surface area (Å²) in [5, 5.41) is 0. The number of carbonyl (C=O) groups is 1. The van der Waals surface area contributed by atoms with Gasteiger partial charge in [-0.1, -0.05) is 6.07 Å². The van der Waals surface area contributed by atoms with Crippen molar-refractivity contribution in [3.8, 4) is 0 Å². The molecule has 0 spiro atoms. The number of hydrogen-bond acceptors (Lipinski definition) is 4. The first-order valence-corrected chi connectivity index (χ1v) is 8.10. The summed E-state index contributed by atoms with van der Waals surface area (Å²) in [6, 6.07) is 7.71. The van der Waals surface area contributed by atoms with E-state index in [1.54, 1.807) is 24.5 Å². The molecule has 23 heavy (non-hydrogen) atoms. The normalized spacial score (nSPS) is 23.9. The molecular weight excluding hydrogens is 288 g/mol. The zero-order valence-electron chi connectivity index (χ0n) is 13.0. The number of carbonyl (C=O) groups excluding carboxylic acids is 1. The predicted molar refractivity (Wildman–Crippen MR) is 86.6 cm³/mol. The third-order valence-electron chi connectivity index (χ3n) is 4.91. The lowest BCUT2D eigenvalue weighted by Crippen LogP contribution is -2.33. The van der Waals surface area contributed by atoms with Gasteiger partial charge in [0.15, 0.2) is 0 Å². The monoisotopic (exact) mass is 308 g/mol. The number of amides is 1. The standard InChI is InChI=1S/C18H20N4O/c23-18(15-3-6-19-7-4-15)22-12-16-10-21(11-17(16)13-22)9-14-2-1-5-20-8-14/h1-8,16-17H,9-13H2/t16-,17-/m0/s1. The molecule has 5 nitrogen and oxygen atoms in total. The van der Waals surface area contributed by atoms with Gasteiger partial charge < -0.3 is 4.90 Å². The quantitative estimate of drug-likeness (QED) is 0.865. The number of likely N-dealkylation sites (tertiary alicyclic amines) is 2. The van der Waals surface area contributed by atoms with Crippen molar-refractivity contribution in [3.63, 3.8) is 0 Å². The van der Waals surface area contributed by atoms with Crippen molar-refractivity contribution in [2.75, 3.05) is 26.2 Å². The first kappa shape index (κ1) is 14.3. The highest BCUT2D eigenvalue weighted by atomic mass is 16.2. The first-order chi connectivity index (χ1) is 11.3. The minimum absolute atomic E-state index is 0.139. The van der Waals surface area contributed by atoms with Crippen LogP contribution in [0.4, 0.5) is 0 Å². The van der Waals surface area contributed by atoms with Crippen molar-refractivity contribution >= 4 is 5.91 Å². The molecule has 0 saturated carbocycles. The number of hydrogen-bond donors (Lipinski definition) is 0. The van der Waals surface area contributed by atoms with E-state index < -0.39 is 0 Å². The second-order valence-corrected chi connectivity index (χ2v) is 6.52. The Morgan fingerprint density at radius 2 is 1.74 bits per heavy atom. The molecule has 4 heterocycles. The number of fused-ring (bicyclic) bond motifs is 1. The average molecular weight is 308 g/mol. The van der Waals surface area contributed by atoms with Crippen LogP contribution in [0.25, 0.3) is 0 Å². The molecular formula is C18H20N4O. The maximum atomic E-state index is 12.5. The van der Waals surface area contributed by atoms with Crippen LogP contribution in [0.2, 0.25) is 0 Å². The Morgan fingerprint density at radius 1 is 1.00 bits per heavy atom. The van der Waals surface area contributed by atoms with Crippen LogP contribution in [-0.4, -0.2) is 51.9 Å². The van der Waals surface area contributed by atoms with E-state index in [9.17, 15) is 4.79 Å². The van der Waals surface area contributed by atoms with Gasteiger partial charge in [0, 0.05) is 63.1 Å². The van der Waals surface area contributed by atoms with Gasteiger partial charge in [-0.25, -0.2) is 0 Å². The van der Waals surface area contributed by atoms with Gasteiger partial charge in [0.1, 0.15) is 0 Å². The maximum Gasteiger partial charge on any atom is 0.253 e. The minimum Gasteiger partial charge on any atom is -0.338 e. The molecule has 1 amide bonds. The summed E-state index contributed by atoms with van der Waals surface area (Å²) in [5.41, 5.74) is 2.00. The molecule has 0 N–H and O–H groups in total. The van der Waals surface area contributed by atoms with Crippen LogP contribution in [0.3, 0.4) is 0 Å². The Morgan fingerprint density at radius 3 is 2.39 bits per heavy atom. The second kappa shape index (κ2) is 6.08. The zero-order valence-corrected chi connectivity index (χ0v) is 13.0. The third-order valence-corrected chi connectivity index (χ3v) is 4.91. The summed E-state index contributed by atoms with van der Waals surface area (Å²) < 4.78 is 0. The maximum absolute atomic E-state index is 12.5. The van der Waals surface area contributed by atoms with Crippen LogP contribution < -0.4 is 0 Å². The van der Waals surface area contributed by atoms with E-state index in [1.807, 2.05) is 23.4 Å². The molecule has 2 saturated heterocycles. The predicted octanol–water partition coefficient (Wildman–Crippen LogP) is 1.68. The largest absolute Gasteiger partial charge is 0.338 e. The number of nitrogens with zero attached hydrogens (tertiary/aromatic N) is 4. The molecule has 0 unspecified atom stereocenters. The number of rotatable bonds is 3. The molecule has 2 atom stereocenters. The van der Waals surface area contributed by atoms with E-state index in [0.717, 1.165) is 38.3 Å². The molecule has 0 radical (unpaired) electrons.